The van der Waals surface area contributed by atoms with Crippen LogP contribution in [0.25, 0.3) is 22.0 Å². The van der Waals surface area contributed by atoms with E-state index < -0.39 is 11.9 Å². The standard InChI is InChI=1S/C16H12N2O3/c17-15(19)12-3-1-2-9(6-12)10-4-5-11-8-14(16(20)21)18-13(11)7-10/h1-8,18H,(H2,17,19)(H,20,21). The number of hydrogen-bond acceptors (Lipinski definition) is 2. The molecule has 1 amide bonds. The molecular formula is C16H12N2O3. The van der Waals surface area contributed by atoms with Crippen LogP contribution in [-0.2, 0) is 0 Å². The Morgan fingerprint density at radius 3 is 2.48 bits per heavy atom. The van der Waals surface area contributed by atoms with Crippen molar-refractivity contribution in [3.63, 3.8) is 0 Å². The van der Waals surface area contributed by atoms with Crippen molar-refractivity contribution in [3.8, 4) is 11.1 Å². The van der Waals surface area contributed by atoms with Crippen LogP contribution in [0, 0.1) is 0 Å². The molecule has 1 aromatic heterocycles. The molecule has 5 heteroatoms. The third-order valence-electron chi connectivity index (χ3n) is 3.33. The van der Waals surface area contributed by atoms with Crippen molar-refractivity contribution in [2.45, 2.75) is 0 Å². The summed E-state index contributed by atoms with van der Waals surface area (Å²) in [5.41, 5.74) is 8.32. The van der Waals surface area contributed by atoms with Crippen LogP contribution in [0.5, 0.6) is 0 Å². The van der Waals surface area contributed by atoms with Crippen LogP contribution in [0.15, 0.2) is 48.5 Å². The molecule has 21 heavy (non-hydrogen) atoms. The van der Waals surface area contributed by atoms with Crippen molar-refractivity contribution < 1.29 is 14.7 Å². The lowest BCUT2D eigenvalue weighted by Crippen LogP contribution is -2.10. The molecule has 0 aliphatic heterocycles. The largest absolute Gasteiger partial charge is 0.477 e. The molecule has 0 aliphatic carbocycles. The van der Waals surface area contributed by atoms with Crippen molar-refractivity contribution in [2.24, 2.45) is 5.73 Å². The quantitative estimate of drug-likeness (QED) is 0.688. The second kappa shape index (κ2) is 4.79. The van der Waals surface area contributed by atoms with Gasteiger partial charge in [0.2, 0.25) is 5.91 Å². The van der Waals surface area contributed by atoms with Crippen LogP contribution in [0.4, 0.5) is 0 Å². The number of primary amides is 1. The Hall–Kier alpha value is -3.08. The summed E-state index contributed by atoms with van der Waals surface area (Å²) in [5.74, 6) is -1.48. The summed E-state index contributed by atoms with van der Waals surface area (Å²) in [4.78, 5) is 25.0. The molecule has 0 saturated heterocycles. The number of carboxylic acid groups (broad SMARTS) is 1. The van der Waals surface area contributed by atoms with Crippen LogP contribution in [0.3, 0.4) is 0 Å². The minimum atomic E-state index is -0.997. The summed E-state index contributed by atoms with van der Waals surface area (Å²) in [7, 11) is 0. The predicted octanol–water partition coefficient (Wildman–Crippen LogP) is 2.63. The van der Waals surface area contributed by atoms with Crippen molar-refractivity contribution in [2.75, 3.05) is 0 Å². The molecule has 0 unspecified atom stereocenters. The van der Waals surface area contributed by atoms with E-state index in [0.29, 0.717) is 5.56 Å². The number of nitrogens with two attached hydrogens (primary N) is 1. The van der Waals surface area contributed by atoms with Gasteiger partial charge in [-0.1, -0.05) is 24.3 Å². The number of benzene rings is 2. The van der Waals surface area contributed by atoms with Crippen molar-refractivity contribution in [3.05, 3.63) is 59.8 Å². The molecule has 3 aromatic rings. The van der Waals surface area contributed by atoms with Gasteiger partial charge in [-0.05, 0) is 35.4 Å². The highest BCUT2D eigenvalue weighted by molar-refractivity contribution is 5.96. The average molecular weight is 280 g/mol. The molecule has 0 aliphatic rings. The average Bonchev–Trinajstić information content (AvgIpc) is 2.90. The lowest BCUT2D eigenvalue weighted by molar-refractivity contribution is 0.0691. The van der Waals surface area contributed by atoms with E-state index in [0.717, 1.165) is 22.0 Å². The summed E-state index contributed by atoms with van der Waals surface area (Å²) in [6, 6.07) is 14.1. The van der Waals surface area contributed by atoms with Gasteiger partial charge in [-0.3, -0.25) is 4.79 Å². The maximum Gasteiger partial charge on any atom is 0.352 e. The topological polar surface area (TPSA) is 96.2 Å². The van der Waals surface area contributed by atoms with Crippen LogP contribution in [0.2, 0.25) is 0 Å². The van der Waals surface area contributed by atoms with E-state index in [4.69, 9.17) is 10.8 Å². The van der Waals surface area contributed by atoms with Crippen molar-refractivity contribution >= 4 is 22.8 Å². The van der Waals surface area contributed by atoms with Crippen LogP contribution in [0.1, 0.15) is 20.8 Å². The zero-order chi connectivity index (χ0) is 15.0. The first-order valence-electron chi connectivity index (χ1n) is 6.31. The van der Waals surface area contributed by atoms with E-state index in [1.807, 2.05) is 24.3 Å². The second-order valence-electron chi connectivity index (χ2n) is 4.74. The zero-order valence-electron chi connectivity index (χ0n) is 11.0. The molecule has 104 valence electrons. The number of carbonyl (C=O) groups is 2. The summed E-state index contributed by atoms with van der Waals surface area (Å²) in [5, 5.41) is 9.81. The van der Waals surface area contributed by atoms with Crippen LogP contribution in [-0.4, -0.2) is 22.0 Å². The van der Waals surface area contributed by atoms with Gasteiger partial charge >= 0.3 is 5.97 Å². The summed E-state index contributed by atoms with van der Waals surface area (Å²) >= 11 is 0. The third-order valence-corrected chi connectivity index (χ3v) is 3.33. The third kappa shape index (κ3) is 2.36. The first kappa shape index (κ1) is 12.9. The van der Waals surface area contributed by atoms with E-state index in [1.165, 1.54) is 0 Å². The molecule has 0 atom stereocenters. The number of fused-ring (bicyclic) bond motifs is 1. The molecule has 5 nitrogen and oxygen atoms in total. The van der Waals surface area contributed by atoms with Gasteiger partial charge in [-0.15, -0.1) is 0 Å². The number of carbonyl (C=O) groups excluding carboxylic acids is 1. The first-order valence-corrected chi connectivity index (χ1v) is 6.31. The van der Waals surface area contributed by atoms with Gasteiger partial charge in [0.05, 0.1) is 0 Å². The summed E-state index contributed by atoms with van der Waals surface area (Å²) in [6.07, 6.45) is 0. The van der Waals surface area contributed by atoms with E-state index in [-0.39, 0.29) is 5.69 Å². The van der Waals surface area contributed by atoms with Crippen molar-refractivity contribution in [1.82, 2.24) is 4.98 Å². The highest BCUT2D eigenvalue weighted by atomic mass is 16.4. The molecule has 4 N–H and O–H groups in total. The van der Waals surface area contributed by atoms with Gasteiger partial charge in [0, 0.05) is 16.5 Å². The fourth-order valence-corrected chi connectivity index (χ4v) is 2.27. The number of amides is 1. The van der Waals surface area contributed by atoms with Crippen molar-refractivity contribution in [1.29, 1.82) is 0 Å². The zero-order valence-corrected chi connectivity index (χ0v) is 11.0. The number of H-pyrrole nitrogens is 1. The lowest BCUT2D eigenvalue weighted by Gasteiger charge is -2.04. The maximum absolute atomic E-state index is 11.2. The predicted molar refractivity (Wildman–Crippen MR) is 79.2 cm³/mol. The first-order chi connectivity index (χ1) is 10.0. The van der Waals surface area contributed by atoms with Gasteiger partial charge in [0.15, 0.2) is 0 Å². The number of hydrogen-bond donors (Lipinski definition) is 3. The fourth-order valence-electron chi connectivity index (χ4n) is 2.27. The molecule has 0 bridgehead atoms. The van der Waals surface area contributed by atoms with Crippen LogP contribution >= 0.6 is 0 Å². The molecule has 1 heterocycles. The Bertz CT molecular complexity index is 865. The Labute approximate surface area is 120 Å². The van der Waals surface area contributed by atoms with Gasteiger partial charge < -0.3 is 15.8 Å². The number of rotatable bonds is 3. The monoisotopic (exact) mass is 280 g/mol. The Balaban J connectivity index is 2.10. The molecule has 3 rings (SSSR count). The lowest BCUT2D eigenvalue weighted by atomic mass is 10.0. The summed E-state index contributed by atoms with van der Waals surface area (Å²) < 4.78 is 0. The van der Waals surface area contributed by atoms with E-state index >= 15 is 0 Å². The fraction of sp³-hybridized carbons (Fsp3) is 0. The molecule has 0 radical (unpaired) electrons. The summed E-state index contributed by atoms with van der Waals surface area (Å²) in [6.45, 7) is 0. The smallest absolute Gasteiger partial charge is 0.352 e. The SMILES string of the molecule is NC(=O)c1cccc(-c2ccc3cc(C(=O)O)[nH]c3c2)c1. The Morgan fingerprint density at radius 1 is 1.00 bits per heavy atom. The van der Waals surface area contributed by atoms with E-state index in [9.17, 15) is 9.59 Å². The van der Waals surface area contributed by atoms with Gasteiger partial charge in [-0.2, -0.15) is 0 Å². The molecule has 0 spiro atoms. The van der Waals surface area contributed by atoms with Gasteiger partial charge in [0.1, 0.15) is 5.69 Å². The van der Waals surface area contributed by atoms with Crippen LogP contribution < -0.4 is 5.73 Å². The maximum atomic E-state index is 11.2. The van der Waals surface area contributed by atoms with E-state index in [1.54, 1.807) is 24.3 Å². The molecular weight excluding hydrogens is 268 g/mol. The van der Waals surface area contributed by atoms with E-state index in [2.05, 4.69) is 4.98 Å². The highest BCUT2D eigenvalue weighted by Gasteiger charge is 2.09. The number of aromatic carboxylic acids is 1. The second-order valence-corrected chi connectivity index (χ2v) is 4.74. The Kier molecular flexibility index (Phi) is 2.95. The minimum Gasteiger partial charge on any atom is -0.477 e. The number of carboxylic acids is 1. The highest BCUT2D eigenvalue weighted by Crippen LogP contribution is 2.25. The Morgan fingerprint density at radius 2 is 1.76 bits per heavy atom. The van der Waals surface area contributed by atoms with Gasteiger partial charge in [-0.25, -0.2) is 4.79 Å². The van der Waals surface area contributed by atoms with Gasteiger partial charge in [0.25, 0.3) is 0 Å². The molecule has 2 aromatic carbocycles. The number of aromatic nitrogens is 1. The minimum absolute atomic E-state index is 0.146. The molecule has 0 saturated carbocycles. The number of aromatic amines is 1. The molecule has 0 fully saturated rings. The number of nitrogens with one attached hydrogen (secondary N) is 1. The normalized spacial score (nSPS) is 10.7.